The number of hydrogen-bond donors (Lipinski definition) is 0. The molecular formula is C18H18Cl2SiZr. The molecule has 0 N–H and O–H groups in total. The molecule has 0 bridgehead atoms. The number of fused-ring (bicyclic) bond motifs is 1. The van der Waals surface area contributed by atoms with Gasteiger partial charge in [0.25, 0.3) is 0 Å². The van der Waals surface area contributed by atoms with Gasteiger partial charge in [-0.3, -0.25) is 0 Å². The molecule has 0 spiro atoms. The minimum absolute atomic E-state index is 0. The molecule has 112 valence electrons. The molecule has 4 heteroatoms. The van der Waals surface area contributed by atoms with Crippen LogP contribution in [-0.2, 0) is 26.2 Å². The molecular weight excluding hydrogens is 406 g/mol. The molecule has 0 atom stereocenters. The molecule has 0 unspecified atom stereocenters. The molecule has 22 heavy (non-hydrogen) atoms. The van der Waals surface area contributed by atoms with Crippen molar-refractivity contribution in [1.82, 2.24) is 0 Å². The van der Waals surface area contributed by atoms with Crippen LogP contribution in [0, 0.1) is 6.92 Å². The molecule has 2 radical (unpaired) electrons. The van der Waals surface area contributed by atoms with Crippen molar-refractivity contribution in [3.05, 3.63) is 60.2 Å². The molecule has 3 aromatic rings. The van der Waals surface area contributed by atoms with Crippen LogP contribution in [-0.4, -0.2) is 8.80 Å². The van der Waals surface area contributed by atoms with Crippen LogP contribution in [0.5, 0.6) is 0 Å². The maximum Gasteiger partial charge on any atom is 3.00 e. The summed E-state index contributed by atoms with van der Waals surface area (Å²) in [6.45, 7) is 7.02. The number of benzene rings is 2. The fourth-order valence-electron chi connectivity index (χ4n) is 2.97. The molecule has 0 fully saturated rings. The molecule has 0 amide bonds. The molecule has 0 nitrogen and oxygen atoms in total. The predicted molar refractivity (Wildman–Crippen MR) is 86.8 cm³/mol. The van der Waals surface area contributed by atoms with E-state index in [1.165, 1.54) is 27.5 Å². The summed E-state index contributed by atoms with van der Waals surface area (Å²) in [5, 5.41) is 4.46. The Bertz CT molecular complexity index is 721. The monoisotopic (exact) mass is 422 g/mol. The van der Waals surface area contributed by atoms with Gasteiger partial charge in [-0.1, -0.05) is 62.0 Å². The number of rotatable bonds is 2. The minimum Gasteiger partial charge on any atom is -1.00 e. The van der Waals surface area contributed by atoms with Gasteiger partial charge in [0.15, 0.2) is 0 Å². The van der Waals surface area contributed by atoms with Crippen molar-refractivity contribution in [2.45, 2.75) is 20.0 Å². The quantitative estimate of drug-likeness (QED) is 0.347. The Hall–Kier alpha value is -0.270. The van der Waals surface area contributed by atoms with Crippen LogP contribution in [0.4, 0.5) is 0 Å². The van der Waals surface area contributed by atoms with Crippen molar-refractivity contribution in [1.29, 1.82) is 0 Å². The first-order valence-corrected chi connectivity index (χ1v) is 9.23. The first-order valence-electron chi connectivity index (χ1n) is 6.73. The van der Waals surface area contributed by atoms with E-state index in [9.17, 15) is 0 Å². The maximum atomic E-state index is 2.38. The second kappa shape index (κ2) is 9.13. The average Bonchev–Trinajstić information content (AvgIpc) is 2.75. The van der Waals surface area contributed by atoms with Gasteiger partial charge in [0.05, 0.1) is 0 Å². The number of aryl methyl sites for hydroxylation is 1. The standard InChI is InChI=1S/C18H18Si.2ClH.Zr/c1-13-12-15-10-7-11-16(14-8-5-4-6-9-14)17(15)18(13)19(2)3;;;/h4-12H,1-3H3;2*1H;/q-1;;;+3/p-2. The van der Waals surface area contributed by atoms with Crippen LogP contribution in [0.25, 0.3) is 21.9 Å². The van der Waals surface area contributed by atoms with E-state index in [0.29, 0.717) is 0 Å². The zero-order valence-electron chi connectivity index (χ0n) is 13.0. The second-order valence-electron chi connectivity index (χ2n) is 5.34. The van der Waals surface area contributed by atoms with Gasteiger partial charge in [-0.05, 0) is 5.56 Å². The molecule has 0 saturated carbocycles. The SMILES string of the molecule is Cc1[cH-]c2cccc(-c3ccccc3)c2c1[Si](C)C.[Cl-].[Cl-].[Zr+3]. The fraction of sp³-hybridized carbons (Fsp3) is 0.167. The van der Waals surface area contributed by atoms with Crippen molar-refractivity contribution in [2.24, 2.45) is 0 Å². The zero-order valence-corrected chi connectivity index (χ0v) is 17.9. The third-order valence-corrected chi connectivity index (χ3v) is 5.34. The van der Waals surface area contributed by atoms with Crippen LogP contribution >= 0.6 is 0 Å². The van der Waals surface area contributed by atoms with E-state index in [2.05, 4.69) is 74.6 Å². The van der Waals surface area contributed by atoms with Crippen molar-refractivity contribution < 1.29 is 51.0 Å². The van der Waals surface area contributed by atoms with Crippen molar-refractivity contribution >= 4 is 24.8 Å². The normalized spacial score (nSPS) is 9.82. The summed E-state index contributed by atoms with van der Waals surface area (Å²) < 4.78 is 0. The molecule has 0 aliphatic carbocycles. The first kappa shape index (κ1) is 21.7. The smallest absolute Gasteiger partial charge is 1.00 e. The van der Waals surface area contributed by atoms with E-state index in [4.69, 9.17) is 0 Å². The zero-order chi connectivity index (χ0) is 13.4. The van der Waals surface area contributed by atoms with Gasteiger partial charge in [-0.15, -0.1) is 34.5 Å². The summed E-state index contributed by atoms with van der Waals surface area (Å²) >= 11 is 0. The van der Waals surface area contributed by atoms with Crippen LogP contribution in [0.3, 0.4) is 0 Å². The molecule has 0 aromatic heterocycles. The van der Waals surface area contributed by atoms with E-state index in [1.807, 2.05) is 0 Å². The largest absolute Gasteiger partial charge is 3.00 e. The second-order valence-corrected chi connectivity index (χ2v) is 7.84. The molecule has 0 aliphatic heterocycles. The van der Waals surface area contributed by atoms with Gasteiger partial charge in [0.1, 0.15) is 0 Å². The van der Waals surface area contributed by atoms with Crippen LogP contribution in [0.2, 0.25) is 13.1 Å². The summed E-state index contributed by atoms with van der Waals surface area (Å²) in [6.07, 6.45) is 0. The van der Waals surface area contributed by atoms with Crippen LogP contribution in [0.15, 0.2) is 54.6 Å². The topological polar surface area (TPSA) is 0 Å². The minimum atomic E-state index is -0.453. The van der Waals surface area contributed by atoms with E-state index in [0.717, 1.165) is 0 Å². The Labute approximate surface area is 166 Å². The Balaban J connectivity index is 0.00000147. The van der Waals surface area contributed by atoms with Gasteiger partial charge in [-0.25, -0.2) is 0 Å². The summed E-state index contributed by atoms with van der Waals surface area (Å²) in [5.41, 5.74) is 4.16. The molecule has 0 aliphatic rings. The Morgan fingerprint density at radius 1 is 0.864 bits per heavy atom. The van der Waals surface area contributed by atoms with Gasteiger partial charge < -0.3 is 24.8 Å². The molecule has 3 rings (SSSR count). The van der Waals surface area contributed by atoms with Crippen LogP contribution in [0.1, 0.15) is 5.56 Å². The summed E-state index contributed by atoms with van der Waals surface area (Å²) in [7, 11) is -0.453. The fourth-order valence-corrected chi connectivity index (χ4v) is 4.61. The first-order chi connectivity index (χ1) is 9.18. The van der Waals surface area contributed by atoms with E-state index >= 15 is 0 Å². The van der Waals surface area contributed by atoms with E-state index < -0.39 is 8.80 Å². The summed E-state index contributed by atoms with van der Waals surface area (Å²) in [5.74, 6) is 0. The molecule has 0 heterocycles. The van der Waals surface area contributed by atoms with Crippen LogP contribution < -0.4 is 30.0 Å². The van der Waals surface area contributed by atoms with Gasteiger partial charge in [0.2, 0.25) is 0 Å². The third kappa shape index (κ3) is 3.97. The van der Waals surface area contributed by atoms with E-state index in [-0.39, 0.29) is 51.0 Å². The Kier molecular flexibility index (Phi) is 9.02. The average molecular weight is 425 g/mol. The summed E-state index contributed by atoms with van der Waals surface area (Å²) in [4.78, 5) is 0. The summed E-state index contributed by atoms with van der Waals surface area (Å²) in [6, 6.07) is 19.7. The predicted octanol–water partition coefficient (Wildman–Crippen LogP) is -1.50. The van der Waals surface area contributed by atoms with Gasteiger partial charge in [-0.2, -0.15) is 5.19 Å². The number of hydrogen-bond acceptors (Lipinski definition) is 0. The Morgan fingerprint density at radius 3 is 2.09 bits per heavy atom. The molecule has 3 aromatic carbocycles. The molecule has 0 saturated heterocycles. The number of halogens is 2. The van der Waals surface area contributed by atoms with Crippen molar-refractivity contribution in [3.8, 4) is 11.1 Å². The Morgan fingerprint density at radius 2 is 1.50 bits per heavy atom. The van der Waals surface area contributed by atoms with E-state index in [1.54, 1.807) is 5.19 Å². The van der Waals surface area contributed by atoms with Gasteiger partial charge in [0, 0.05) is 8.80 Å². The van der Waals surface area contributed by atoms with Gasteiger partial charge >= 0.3 is 26.2 Å². The van der Waals surface area contributed by atoms with Crippen molar-refractivity contribution in [2.75, 3.05) is 0 Å². The van der Waals surface area contributed by atoms with Crippen molar-refractivity contribution in [3.63, 3.8) is 0 Å². The third-order valence-electron chi connectivity index (χ3n) is 3.70. The maximum absolute atomic E-state index is 2.38.